The van der Waals surface area contributed by atoms with E-state index in [4.69, 9.17) is 4.84 Å². The van der Waals surface area contributed by atoms with E-state index in [9.17, 15) is 0 Å². The average molecular weight is 224 g/mol. The highest BCUT2D eigenvalue weighted by Gasteiger charge is 1.88. The highest BCUT2D eigenvalue weighted by molar-refractivity contribution is 14.1. The normalized spacial score (nSPS) is 9.25. The van der Waals surface area contributed by atoms with Crippen LogP contribution in [0.2, 0.25) is 0 Å². The predicted molar refractivity (Wildman–Crippen MR) is 37.4 cm³/mol. The molecular formula is C4H5IN2O. The van der Waals surface area contributed by atoms with Crippen molar-refractivity contribution < 1.29 is 4.84 Å². The summed E-state index contributed by atoms with van der Waals surface area (Å²) in [6.07, 6.45) is 3.41. The summed E-state index contributed by atoms with van der Waals surface area (Å²) in [6.45, 7) is 0. The molecule has 1 heterocycles. The Morgan fingerprint density at radius 3 is 2.88 bits per heavy atom. The number of aromatic nitrogens is 2. The second kappa shape index (κ2) is 2.34. The van der Waals surface area contributed by atoms with Crippen LogP contribution in [0.25, 0.3) is 0 Å². The van der Waals surface area contributed by atoms with E-state index in [0.29, 0.717) is 0 Å². The average Bonchev–Trinajstić information content (AvgIpc) is 2.14. The second-order valence-corrected chi connectivity index (χ2v) is 2.34. The van der Waals surface area contributed by atoms with Crippen LogP contribution in [0.1, 0.15) is 0 Å². The number of hydrogen-bond acceptors (Lipinski definition) is 2. The lowest BCUT2D eigenvalue weighted by atomic mass is 11.0. The van der Waals surface area contributed by atoms with Gasteiger partial charge in [0.15, 0.2) is 0 Å². The third-order valence-electron chi connectivity index (χ3n) is 0.739. The Morgan fingerprint density at radius 2 is 2.62 bits per heavy atom. The summed E-state index contributed by atoms with van der Waals surface area (Å²) in [6, 6.07) is 0. The molecule has 1 aromatic heterocycles. The molecule has 4 heteroatoms. The molecule has 0 fully saturated rings. The monoisotopic (exact) mass is 224 g/mol. The van der Waals surface area contributed by atoms with Gasteiger partial charge in [-0.1, -0.05) is 0 Å². The molecule has 0 aliphatic heterocycles. The van der Waals surface area contributed by atoms with Crippen molar-refractivity contribution in [2.75, 3.05) is 7.11 Å². The minimum atomic E-state index is 0.935. The first-order chi connectivity index (χ1) is 3.83. The van der Waals surface area contributed by atoms with E-state index >= 15 is 0 Å². The first-order valence-electron chi connectivity index (χ1n) is 2.07. The van der Waals surface area contributed by atoms with Gasteiger partial charge in [-0.2, -0.15) is 4.73 Å². The van der Waals surface area contributed by atoms with Crippen molar-refractivity contribution in [3.63, 3.8) is 0 Å². The van der Waals surface area contributed by atoms with Gasteiger partial charge in [-0.05, 0) is 22.6 Å². The molecule has 0 amide bonds. The molecule has 0 radical (unpaired) electrons. The van der Waals surface area contributed by atoms with Crippen molar-refractivity contribution in [3.05, 3.63) is 16.2 Å². The summed E-state index contributed by atoms with van der Waals surface area (Å²) in [4.78, 5) is 8.70. The molecule has 0 bridgehead atoms. The lowest BCUT2D eigenvalue weighted by molar-refractivity contribution is 0.166. The van der Waals surface area contributed by atoms with Gasteiger partial charge in [0.05, 0.1) is 6.20 Å². The van der Waals surface area contributed by atoms with Gasteiger partial charge in [-0.25, -0.2) is 4.98 Å². The molecule has 1 aromatic rings. The van der Waals surface area contributed by atoms with Gasteiger partial charge in [0.2, 0.25) is 0 Å². The van der Waals surface area contributed by atoms with Crippen LogP contribution in [-0.4, -0.2) is 16.8 Å². The summed E-state index contributed by atoms with van der Waals surface area (Å²) in [7, 11) is 1.60. The fraction of sp³-hybridized carbons (Fsp3) is 0.250. The van der Waals surface area contributed by atoms with Crippen LogP contribution in [0.3, 0.4) is 0 Å². The molecule has 0 spiro atoms. The van der Waals surface area contributed by atoms with Crippen molar-refractivity contribution >= 4 is 22.6 Å². The highest BCUT2D eigenvalue weighted by atomic mass is 127. The van der Waals surface area contributed by atoms with E-state index in [1.165, 1.54) is 0 Å². The van der Waals surface area contributed by atoms with Crippen LogP contribution in [0, 0.1) is 3.70 Å². The van der Waals surface area contributed by atoms with Gasteiger partial charge in [-0.3, -0.25) is 0 Å². The SMILES string of the molecule is COn1cnc(I)c1. The minimum Gasteiger partial charge on any atom is -0.416 e. The quantitative estimate of drug-likeness (QED) is 0.651. The lowest BCUT2D eigenvalue weighted by Crippen LogP contribution is -2.00. The van der Waals surface area contributed by atoms with E-state index in [0.717, 1.165) is 3.70 Å². The smallest absolute Gasteiger partial charge is 0.133 e. The van der Waals surface area contributed by atoms with Crippen molar-refractivity contribution in [2.45, 2.75) is 0 Å². The Labute approximate surface area is 60.8 Å². The molecule has 0 aliphatic rings. The zero-order valence-corrected chi connectivity index (χ0v) is 6.49. The molecule has 0 N–H and O–H groups in total. The van der Waals surface area contributed by atoms with Gasteiger partial charge >= 0.3 is 0 Å². The fourth-order valence-corrected chi connectivity index (χ4v) is 0.783. The van der Waals surface area contributed by atoms with Crippen LogP contribution >= 0.6 is 22.6 Å². The molecule has 0 unspecified atom stereocenters. The standard InChI is InChI=1S/C4H5IN2O/c1-8-7-2-4(5)6-3-7/h2-3H,1H3. The number of rotatable bonds is 1. The molecular weight excluding hydrogens is 219 g/mol. The van der Waals surface area contributed by atoms with Crippen LogP contribution in [-0.2, 0) is 0 Å². The zero-order valence-electron chi connectivity index (χ0n) is 4.34. The Bertz CT molecular complexity index is 174. The third-order valence-corrected chi connectivity index (χ3v) is 1.30. The minimum absolute atomic E-state index is 0.935. The number of imidazole rings is 1. The van der Waals surface area contributed by atoms with Crippen LogP contribution in [0.15, 0.2) is 12.5 Å². The van der Waals surface area contributed by atoms with Crippen molar-refractivity contribution in [1.29, 1.82) is 0 Å². The third kappa shape index (κ3) is 1.12. The van der Waals surface area contributed by atoms with Gasteiger partial charge in [0.1, 0.15) is 17.1 Å². The first-order valence-corrected chi connectivity index (χ1v) is 3.15. The lowest BCUT2D eigenvalue weighted by Gasteiger charge is -1.92. The van der Waals surface area contributed by atoms with Gasteiger partial charge in [-0.15, -0.1) is 0 Å². The van der Waals surface area contributed by atoms with Crippen molar-refractivity contribution in [3.8, 4) is 0 Å². The molecule has 0 aromatic carbocycles. The molecule has 0 atom stereocenters. The fourth-order valence-electron chi connectivity index (χ4n) is 0.384. The topological polar surface area (TPSA) is 27.1 Å². The summed E-state index contributed by atoms with van der Waals surface area (Å²) in [5, 5.41) is 0. The van der Waals surface area contributed by atoms with Crippen LogP contribution in [0.5, 0.6) is 0 Å². The summed E-state index contributed by atoms with van der Waals surface area (Å²) >= 11 is 2.11. The predicted octanol–water partition coefficient (Wildman–Crippen LogP) is 0.546. The number of hydrogen-bond donors (Lipinski definition) is 0. The largest absolute Gasteiger partial charge is 0.416 e. The van der Waals surface area contributed by atoms with E-state index < -0.39 is 0 Å². The van der Waals surface area contributed by atoms with Crippen LogP contribution < -0.4 is 4.84 Å². The molecule has 1 rings (SSSR count). The summed E-state index contributed by atoms with van der Waals surface area (Å²) in [5.74, 6) is 0. The zero-order chi connectivity index (χ0) is 5.98. The van der Waals surface area contributed by atoms with E-state index in [-0.39, 0.29) is 0 Å². The summed E-state index contributed by atoms with van der Waals surface area (Å²) < 4.78 is 2.48. The maximum Gasteiger partial charge on any atom is 0.133 e. The van der Waals surface area contributed by atoms with Crippen molar-refractivity contribution in [2.24, 2.45) is 0 Å². The number of nitrogens with zero attached hydrogens (tertiary/aromatic N) is 2. The molecule has 0 aliphatic carbocycles. The van der Waals surface area contributed by atoms with Crippen LogP contribution in [0.4, 0.5) is 0 Å². The second-order valence-electron chi connectivity index (χ2n) is 1.24. The molecule has 3 nitrogen and oxygen atoms in total. The summed E-state index contributed by atoms with van der Waals surface area (Å²) in [5.41, 5.74) is 0. The van der Waals surface area contributed by atoms with Gasteiger partial charge < -0.3 is 4.84 Å². The molecule has 0 saturated carbocycles. The van der Waals surface area contributed by atoms with E-state index in [2.05, 4.69) is 27.6 Å². The highest BCUT2D eigenvalue weighted by Crippen LogP contribution is 1.96. The maximum atomic E-state index is 4.78. The Kier molecular flexibility index (Phi) is 1.72. The molecule has 0 saturated heterocycles. The number of halogens is 1. The van der Waals surface area contributed by atoms with Gasteiger partial charge in [0.25, 0.3) is 0 Å². The maximum absolute atomic E-state index is 4.78. The Morgan fingerprint density at radius 1 is 1.88 bits per heavy atom. The first kappa shape index (κ1) is 5.87. The Balaban J connectivity index is 2.84. The van der Waals surface area contributed by atoms with E-state index in [1.54, 1.807) is 24.4 Å². The van der Waals surface area contributed by atoms with E-state index in [1.807, 2.05) is 0 Å². The molecule has 8 heavy (non-hydrogen) atoms. The van der Waals surface area contributed by atoms with Gasteiger partial charge in [0, 0.05) is 0 Å². The van der Waals surface area contributed by atoms with Crippen molar-refractivity contribution in [1.82, 2.24) is 9.71 Å². The Hall–Kier alpha value is -0.260. The molecule has 44 valence electrons.